The summed E-state index contributed by atoms with van der Waals surface area (Å²) in [5, 5.41) is 16.8. The van der Waals surface area contributed by atoms with E-state index in [1.807, 2.05) is 13.0 Å². The molecular weight excluding hydrogens is 371 g/mol. The summed E-state index contributed by atoms with van der Waals surface area (Å²) in [7, 11) is 0. The average Bonchev–Trinajstić information content (AvgIpc) is 2.67. The van der Waals surface area contributed by atoms with E-state index in [4.69, 9.17) is 16.3 Å². The summed E-state index contributed by atoms with van der Waals surface area (Å²) in [5.41, 5.74) is 1.07. The van der Waals surface area contributed by atoms with Gasteiger partial charge in [0.1, 0.15) is 29.4 Å². The fourth-order valence-electron chi connectivity index (χ4n) is 2.19. The van der Waals surface area contributed by atoms with E-state index in [1.165, 1.54) is 24.3 Å². The van der Waals surface area contributed by atoms with Crippen LogP contribution in [0.2, 0.25) is 5.15 Å². The number of aliphatic hydroxyl groups is 1. The molecule has 1 atom stereocenters. The fraction of sp³-hybridized carbons (Fsp3) is 0.368. The van der Waals surface area contributed by atoms with Gasteiger partial charge in [0.05, 0.1) is 6.54 Å². The number of pyridine rings is 1. The maximum Gasteiger partial charge on any atom is 0.191 e. The molecule has 1 aromatic heterocycles. The maximum atomic E-state index is 12.8. The molecule has 2 rings (SSSR count). The summed E-state index contributed by atoms with van der Waals surface area (Å²) in [6.07, 6.45) is 1.74. The van der Waals surface area contributed by atoms with Crippen LogP contribution < -0.4 is 15.4 Å². The third kappa shape index (κ3) is 8.23. The molecule has 0 spiro atoms. The van der Waals surface area contributed by atoms with Crippen LogP contribution in [0.5, 0.6) is 5.75 Å². The van der Waals surface area contributed by atoms with E-state index in [0.717, 1.165) is 12.0 Å². The number of guanidine groups is 1. The SMILES string of the molecule is CCNC(=NCC(O)COc1ccc(F)cc1)NCCc1ccc(Cl)nc1. The zero-order valence-electron chi connectivity index (χ0n) is 15.2. The van der Waals surface area contributed by atoms with Crippen molar-refractivity contribution < 1.29 is 14.2 Å². The minimum absolute atomic E-state index is 0.0744. The van der Waals surface area contributed by atoms with Crippen LogP contribution in [0.3, 0.4) is 0 Å². The van der Waals surface area contributed by atoms with Gasteiger partial charge in [-0.3, -0.25) is 4.99 Å². The van der Waals surface area contributed by atoms with E-state index in [0.29, 0.717) is 30.0 Å². The molecule has 1 unspecified atom stereocenters. The molecule has 2 aromatic rings. The monoisotopic (exact) mass is 394 g/mol. The Kier molecular flexibility index (Phi) is 8.80. The number of ether oxygens (including phenoxy) is 1. The van der Waals surface area contributed by atoms with Crippen molar-refractivity contribution >= 4 is 17.6 Å². The summed E-state index contributed by atoms with van der Waals surface area (Å²) >= 11 is 5.77. The molecule has 1 heterocycles. The van der Waals surface area contributed by atoms with Gasteiger partial charge in [-0.25, -0.2) is 9.37 Å². The molecule has 0 amide bonds. The summed E-state index contributed by atoms with van der Waals surface area (Å²) in [6.45, 7) is 3.59. The second-order valence-corrected chi connectivity index (χ2v) is 6.19. The molecule has 0 saturated heterocycles. The van der Waals surface area contributed by atoms with Crippen LogP contribution >= 0.6 is 11.6 Å². The zero-order valence-corrected chi connectivity index (χ0v) is 15.9. The highest BCUT2D eigenvalue weighted by Gasteiger charge is 2.06. The van der Waals surface area contributed by atoms with Gasteiger partial charge in [-0.15, -0.1) is 0 Å². The number of aliphatic imine (C=N–C) groups is 1. The predicted molar refractivity (Wildman–Crippen MR) is 105 cm³/mol. The second-order valence-electron chi connectivity index (χ2n) is 5.80. The van der Waals surface area contributed by atoms with Gasteiger partial charge in [0.25, 0.3) is 0 Å². The van der Waals surface area contributed by atoms with Crippen molar-refractivity contribution in [2.75, 3.05) is 26.2 Å². The molecule has 146 valence electrons. The Morgan fingerprint density at radius 1 is 1.26 bits per heavy atom. The van der Waals surface area contributed by atoms with Crippen LogP contribution in [0.25, 0.3) is 0 Å². The van der Waals surface area contributed by atoms with Crippen LogP contribution in [0.1, 0.15) is 12.5 Å². The molecule has 0 aliphatic rings. The Morgan fingerprint density at radius 3 is 2.70 bits per heavy atom. The first-order chi connectivity index (χ1) is 13.1. The number of aromatic nitrogens is 1. The van der Waals surface area contributed by atoms with Crippen molar-refractivity contribution in [3.8, 4) is 5.75 Å². The van der Waals surface area contributed by atoms with Crippen molar-refractivity contribution in [3.63, 3.8) is 0 Å². The van der Waals surface area contributed by atoms with Gasteiger partial charge in [0, 0.05) is 19.3 Å². The number of hydrogen-bond acceptors (Lipinski definition) is 4. The number of hydrogen-bond donors (Lipinski definition) is 3. The highest BCUT2D eigenvalue weighted by atomic mass is 35.5. The van der Waals surface area contributed by atoms with Gasteiger partial charge in [0.15, 0.2) is 5.96 Å². The first-order valence-electron chi connectivity index (χ1n) is 8.76. The third-order valence-corrected chi connectivity index (χ3v) is 3.78. The zero-order chi connectivity index (χ0) is 19.5. The van der Waals surface area contributed by atoms with Crippen LogP contribution in [0, 0.1) is 5.82 Å². The second kappa shape index (κ2) is 11.4. The summed E-state index contributed by atoms with van der Waals surface area (Å²) in [4.78, 5) is 8.40. The Balaban J connectivity index is 1.75. The van der Waals surface area contributed by atoms with Gasteiger partial charge in [-0.2, -0.15) is 0 Å². The molecule has 0 aliphatic heterocycles. The number of nitrogens with zero attached hydrogens (tertiary/aromatic N) is 2. The van der Waals surface area contributed by atoms with Crippen molar-refractivity contribution in [1.82, 2.24) is 15.6 Å². The average molecular weight is 395 g/mol. The van der Waals surface area contributed by atoms with Crippen LogP contribution in [-0.2, 0) is 6.42 Å². The van der Waals surface area contributed by atoms with E-state index in [9.17, 15) is 9.50 Å². The Labute approximate surface area is 163 Å². The van der Waals surface area contributed by atoms with Gasteiger partial charge in [0.2, 0.25) is 0 Å². The number of benzene rings is 1. The van der Waals surface area contributed by atoms with Gasteiger partial charge < -0.3 is 20.5 Å². The van der Waals surface area contributed by atoms with Crippen molar-refractivity contribution in [2.24, 2.45) is 4.99 Å². The number of aliphatic hydroxyl groups excluding tert-OH is 1. The molecule has 0 fully saturated rings. The normalized spacial score (nSPS) is 12.5. The molecule has 0 radical (unpaired) electrons. The highest BCUT2D eigenvalue weighted by molar-refractivity contribution is 6.29. The standard InChI is InChI=1S/C19H24ClFN4O2/c1-2-22-19(23-10-9-14-3-8-18(20)24-11-14)25-12-16(26)13-27-17-6-4-15(21)5-7-17/h3-8,11,16,26H,2,9-10,12-13H2,1H3,(H2,22,23,25). The van der Waals surface area contributed by atoms with Crippen molar-refractivity contribution in [3.05, 3.63) is 59.1 Å². The fourth-order valence-corrected chi connectivity index (χ4v) is 2.31. The predicted octanol–water partition coefficient (Wildman–Crippen LogP) is 2.41. The first-order valence-corrected chi connectivity index (χ1v) is 9.13. The molecule has 0 bridgehead atoms. The minimum Gasteiger partial charge on any atom is -0.491 e. The van der Waals surface area contributed by atoms with E-state index in [2.05, 4.69) is 20.6 Å². The summed E-state index contributed by atoms with van der Waals surface area (Å²) in [6, 6.07) is 9.34. The number of halogens is 2. The molecule has 8 heteroatoms. The molecule has 3 N–H and O–H groups in total. The Hall–Kier alpha value is -2.38. The summed E-state index contributed by atoms with van der Waals surface area (Å²) < 4.78 is 18.3. The number of nitrogens with one attached hydrogen (secondary N) is 2. The van der Waals surface area contributed by atoms with E-state index in [1.54, 1.807) is 12.3 Å². The lowest BCUT2D eigenvalue weighted by Gasteiger charge is -2.14. The van der Waals surface area contributed by atoms with Crippen LogP contribution in [0.15, 0.2) is 47.6 Å². The largest absolute Gasteiger partial charge is 0.491 e. The third-order valence-electron chi connectivity index (χ3n) is 3.56. The van der Waals surface area contributed by atoms with E-state index < -0.39 is 6.10 Å². The topological polar surface area (TPSA) is 78.8 Å². The Bertz CT molecular complexity index is 711. The van der Waals surface area contributed by atoms with Crippen molar-refractivity contribution in [1.29, 1.82) is 0 Å². The molecular formula is C19H24ClFN4O2. The van der Waals surface area contributed by atoms with Gasteiger partial charge >= 0.3 is 0 Å². The van der Waals surface area contributed by atoms with Crippen LogP contribution in [-0.4, -0.2) is 48.4 Å². The van der Waals surface area contributed by atoms with E-state index in [-0.39, 0.29) is 19.0 Å². The highest BCUT2D eigenvalue weighted by Crippen LogP contribution is 2.11. The van der Waals surface area contributed by atoms with Crippen molar-refractivity contribution in [2.45, 2.75) is 19.4 Å². The lowest BCUT2D eigenvalue weighted by atomic mass is 10.2. The molecule has 27 heavy (non-hydrogen) atoms. The molecule has 0 aliphatic carbocycles. The van der Waals surface area contributed by atoms with Gasteiger partial charge in [-0.1, -0.05) is 17.7 Å². The van der Waals surface area contributed by atoms with Gasteiger partial charge in [-0.05, 0) is 49.2 Å². The maximum absolute atomic E-state index is 12.8. The summed E-state index contributed by atoms with van der Waals surface area (Å²) in [5.74, 6) is 0.782. The quantitative estimate of drug-likeness (QED) is 0.346. The molecule has 0 saturated carbocycles. The van der Waals surface area contributed by atoms with E-state index >= 15 is 0 Å². The minimum atomic E-state index is -0.772. The first kappa shape index (κ1) is 20.9. The van der Waals surface area contributed by atoms with Crippen LogP contribution in [0.4, 0.5) is 4.39 Å². The molecule has 1 aromatic carbocycles. The lowest BCUT2D eigenvalue weighted by Crippen LogP contribution is -2.39. The number of rotatable bonds is 9. The smallest absolute Gasteiger partial charge is 0.191 e. The molecule has 6 nitrogen and oxygen atoms in total. The Morgan fingerprint density at radius 2 is 2.04 bits per heavy atom. The lowest BCUT2D eigenvalue weighted by molar-refractivity contribution is 0.114.